The highest BCUT2D eigenvalue weighted by Crippen LogP contribution is 2.39. The lowest BCUT2D eigenvalue weighted by Crippen LogP contribution is -2.21. The fourth-order valence-corrected chi connectivity index (χ4v) is 1.86. The summed E-state index contributed by atoms with van der Waals surface area (Å²) in [5.41, 5.74) is 7.06. The molecular formula is C9H11F3N2S. The molecule has 6 heteroatoms. The van der Waals surface area contributed by atoms with Gasteiger partial charge in [0.15, 0.2) is 0 Å². The Kier molecular flexibility index (Phi) is 4.01. The first-order chi connectivity index (χ1) is 6.94. The maximum Gasteiger partial charge on any atom is 0.446 e. The molecule has 0 saturated heterocycles. The third kappa shape index (κ3) is 3.73. The van der Waals surface area contributed by atoms with Gasteiger partial charge in [0.2, 0.25) is 0 Å². The van der Waals surface area contributed by atoms with E-state index in [1.807, 2.05) is 0 Å². The predicted octanol–water partition coefficient (Wildman–Crippen LogP) is 2.26. The van der Waals surface area contributed by atoms with Gasteiger partial charge in [0.25, 0.3) is 0 Å². The van der Waals surface area contributed by atoms with Gasteiger partial charge in [-0.3, -0.25) is 0 Å². The number of rotatable bonds is 3. The monoisotopic (exact) mass is 236 g/mol. The first kappa shape index (κ1) is 12.4. The van der Waals surface area contributed by atoms with Crippen LogP contribution in [-0.2, 0) is 0 Å². The summed E-state index contributed by atoms with van der Waals surface area (Å²) in [5.74, 6) is 0. The molecule has 0 unspecified atom stereocenters. The van der Waals surface area contributed by atoms with Gasteiger partial charge in [-0.05, 0) is 23.4 Å². The number of hydrogen-bond acceptors (Lipinski definition) is 3. The van der Waals surface area contributed by atoms with Crippen LogP contribution in [0.1, 0.15) is 11.6 Å². The molecule has 1 rings (SSSR count). The smallest absolute Gasteiger partial charge is 0.329 e. The molecule has 0 bridgehead atoms. The van der Waals surface area contributed by atoms with Gasteiger partial charge in [0.1, 0.15) is 0 Å². The average molecular weight is 236 g/mol. The SMILES string of the molecule is NC[C@@H](N)c1ccccc1SC(F)(F)F. The van der Waals surface area contributed by atoms with Gasteiger partial charge < -0.3 is 11.5 Å². The maximum atomic E-state index is 12.2. The molecule has 0 spiro atoms. The molecule has 84 valence electrons. The second-order valence-electron chi connectivity index (χ2n) is 2.93. The average Bonchev–Trinajstić information content (AvgIpc) is 2.15. The molecule has 1 aromatic rings. The van der Waals surface area contributed by atoms with Crippen molar-refractivity contribution in [1.82, 2.24) is 0 Å². The van der Waals surface area contributed by atoms with Crippen molar-refractivity contribution >= 4 is 11.8 Å². The standard InChI is InChI=1S/C9H11F3N2S/c10-9(11,12)15-8-4-2-1-3-6(8)7(14)5-13/h1-4,7H,5,13-14H2/t7-/m1/s1. The van der Waals surface area contributed by atoms with Crippen LogP contribution in [0.25, 0.3) is 0 Å². The lowest BCUT2D eigenvalue weighted by Gasteiger charge is -2.15. The largest absolute Gasteiger partial charge is 0.446 e. The van der Waals surface area contributed by atoms with Crippen LogP contribution in [-0.4, -0.2) is 12.1 Å². The van der Waals surface area contributed by atoms with Gasteiger partial charge in [-0.2, -0.15) is 13.2 Å². The van der Waals surface area contributed by atoms with E-state index in [1.165, 1.54) is 6.07 Å². The Balaban J connectivity index is 2.96. The van der Waals surface area contributed by atoms with E-state index < -0.39 is 11.6 Å². The van der Waals surface area contributed by atoms with Crippen molar-refractivity contribution in [3.8, 4) is 0 Å². The third-order valence-corrected chi connectivity index (χ3v) is 2.62. The van der Waals surface area contributed by atoms with E-state index in [0.29, 0.717) is 5.56 Å². The van der Waals surface area contributed by atoms with E-state index in [9.17, 15) is 13.2 Å². The third-order valence-electron chi connectivity index (χ3n) is 1.80. The molecule has 0 fully saturated rings. The molecule has 1 aromatic carbocycles. The van der Waals surface area contributed by atoms with Gasteiger partial charge in [-0.15, -0.1) is 0 Å². The molecule has 1 atom stereocenters. The van der Waals surface area contributed by atoms with Crippen LogP contribution in [0.15, 0.2) is 29.2 Å². The van der Waals surface area contributed by atoms with Crippen molar-refractivity contribution < 1.29 is 13.2 Å². The van der Waals surface area contributed by atoms with Gasteiger partial charge in [0, 0.05) is 17.5 Å². The number of alkyl halides is 3. The molecule has 0 aliphatic carbocycles. The Bertz CT molecular complexity index is 327. The summed E-state index contributed by atoms with van der Waals surface area (Å²) in [7, 11) is 0. The zero-order valence-corrected chi connectivity index (χ0v) is 8.61. The summed E-state index contributed by atoms with van der Waals surface area (Å²) in [6.45, 7) is 0.120. The minimum atomic E-state index is -4.30. The van der Waals surface area contributed by atoms with E-state index in [2.05, 4.69) is 0 Å². The molecule has 15 heavy (non-hydrogen) atoms. The summed E-state index contributed by atoms with van der Waals surface area (Å²) in [4.78, 5) is 0.114. The molecule has 0 heterocycles. The van der Waals surface area contributed by atoms with Crippen LogP contribution in [0.3, 0.4) is 0 Å². The second kappa shape index (κ2) is 4.87. The molecule has 0 amide bonds. The van der Waals surface area contributed by atoms with E-state index in [0.717, 1.165) is 0 Å². The van der Waals surface area contributed by atoms with Crippen molar-refractivity contribution in [2.75, 3.05) is 6.54 Å². The van der Waals surface area contributed by atoms with Gasteiger partial charge in [-0.25, -0.2) is 0 Å². The highest BCUT2D eigenvalue weighted by Gasteiger charge is 2.30. The quantitative estimate of drug-likeness (QED) is 0.791. The van der Waals surface area contributed by atoms with Crippen molar-refractivity contribution in [1.29, 1.82) is 0 Å². The highest BCUT2D eigenvalue weighted by atomic mass is 32.2. The zero-order chi connectivity index (χ0) is 11.5. The van der Waals surface area contributed by atoms with Crippen molar-refractivity contribution in [2.45, 2.75) is 16.4 Å². The Morgan fingerprint density at radius 2 is 1.87 bits per heavy atom. The topological polar surface area (TPSA) is 52.0 Å². The molecule has 0 aliphatic heterocycles. The minimum Gasteiger partial charge on any atom is -0.329 e. The molecule has 0 aromatic heterocycles. The summed E-state index contributed by atoms with van der Waals surface area (Å²) in [6.07, 6.45) is 0. The van der Waals surface area contributed by atoms with E-state index in [-0.39, 0.29) is 23.2 Å². The van der Waals surface area contributed by atoms with Crippen LogP contribution >= 0.6 is 11.8 Å². The Morgan fingerprint density at radius 3 is 2.40 bits per heavy atom. The molecular weight excluding hydrogens is 225 g/mol. The van der Waals surface area contributed by atoms with E-state index in [1.54, 1.807) is 18.2 Å². The Labute approximate surface area is 89.8 Å². The molecule has 0 aliphatic rings. The van der Waals surface area contributed by atoms with Gasteiger partial charge >= 0.3 is 5.51 Å². The van der Waals surface area contributed by atoms with Crippen LogP contribution in [0.2, 0.25) is 0 Å². The predicted molar refractivity (Wildman–Crippen MR) is 54.3 cm³/mol. The summed E-state index contributed by atoms with van der Waals surface area (Å²) in [6, 6.07) is 5.58. The summed E-state index contributed by atoms with van der Waals surface area (Å²) >= 11 is -0.164. The van der Waals surface area contributed by atoms with E-state index >= 15 is 0 Å². The van der Waals surface area contributed by atoms with Crippen LogP contribution in [0, 0.1) is 0 Å². The number of hydrogen-bond donors (Lipinski definition) is 2. The van der Waals surface area contributed by atoms with Gasteiger partial charge in [0.05, 0.1) is 0 Å². The summed E-state index contributed by atoms with van der Waals surface area (Å²) in [5, 5.41) is 0. The number of thioether (sulfide) groups is 1. The Hall–Kier alpha value is -0.720. The minimum absolute atomic E-state index is 0.114. The lowest BCUT2D eigenvalue weighted by atomic mass is 10.1. The zero-order valence-electron chi connectivity index (χ0n) is 7.79. The second-order valence-corrected chi connectivity index (χ2v) is 4.03. The number of nitrogens with two attached hydrogens (primary N) is 2. The van der Waals surface area contributed by atoms with Crippen LogP contribution in [0.4, 0.5) is 13.2 Å². The fourth-order valence-electron chi connectivity index (χ4n) is 1.13. The number of benzene rings is 1. The van der Waals surface area contributed by atoms with Crippen molar-refractivity contribution in [3.63, 3.8) is 0 Å². The number of halogens is 3. The summed E-state index contributed by atoms with van der Waals surface area (Å²) < 4.78 is 36.5. The molecule has 2 nitrogen and oxygen atoms in total. The first-order valence-corrected chi connectivity index (χ1v) is 5.06. The normalized spacial score (nSPS) is 13.9. The highest BCUT2D eigenvalue weighted by molar-refractivity contribution is 8.00. The Morgan fingerprint density at radius 1 is 1.27 bits per heavy atom. The van der Waals surface area contributed by atoms with Gasteiger partial charge in [-0.1, -0.05) is 18.2 Å². The van der Waals surface area contributed by atoms with Crippen LogP contribution < -0.4 is 11.5 Å². The van der Waals surface area contributed by atoms with Crippen LogP contribution in [0.5, 0.6) is 0 Å². The van der Waals surface area contributed by atoms with E-state index in [4.69, 9.17) is 11.5 Å². The van der Waals surface area contributed by atoms with Crippen molar-refractivity contribution in [2.24, 2.45) is 11.5 Å². The molecule has 0 saturated carbocycles. The van der Waals surface area contributed by atoms with Crippen molar-refractivity contribution in [3.05, 3.63) is 29.8 Å². The molecule has 0 radical (unpaired) electrons. The lowest BCUT2D eigenvalue weighted by molar-refractivity contribution is -0.0328. The fraction of sp³-hybridized carbons (Fsp3) is 0.333. The molecule has 4 N–H and O–H groups in total. The maximum absolute atomic E-state index is 12.2. The first-order valence-electron chi connectivity index (χ1n) is 4.24.